The molecule has 0 spiro atoms. The maximum absolute atomic E-state index is 5.63. The van der Waals surface area contributed by atoms with Crippen molar-refractivity contribution in [3.8, 4) is 11.5 Å². The van der Waals surface area contributed by atoms with Crippen molar-refractivity contribution in [2.24, 2.45) is 0 Å². The van der Waals surface area contributed by atoms with Crippen LogP contribution in [0.4, 0.5) is 0 Å². The molecule has 3 rings (SSSR count). The van der Waals surface area contributed by atoms with Gasteiger partial charge in [0.05, 0.1) is 11.7 Å². The van der Waals surface area contributed by atoms with Crippen molar-refractivity contribution in [1.29, 1.82) is 0 Å². The van der Waals surface area contributed by atoms with Gasteiger partial charge in [0.25, 0.3) is 0 Å². The lowest BCUT2D eigenvalue weighted by Crippen LogP contribution is -2.20. The highest BCUT2D eigenvalue weighted by Crippen LogP contribution is 2.33. The maximum atomic E-state index is 5.63. The third-order valence-corrected chi connectivity index (χ3v) is 3.28. The number of rotatable bonds is 3. The Morgan fingerprint density at radius 2 is 1.95 bits per heavy atom. The largest absolute Gasteiger partial charge is 0.486 e. The molecular formula is C15H17N3O2. The quantitative estimate of drug-likeness (QED) is 0.923. The summed E-state index contributed by atoms with van der Waals surface area (Å²) in [5.74, 6) is 2.36. The lowest BCUT2D eigenvalue weighted by Gasteiger charge is -2.22. The Morgan fingerprint density at radius 1 is 1.15 bits per heavy atom. The lowest BCUT2D eigenvalue weighted by atomic mass is 10.0. The van der Waals surface area contributed by atoms with Crippen LogP contribution in [0.15, 0.2) is 30.5 Å². The second-order valence-electron chi connectivity index (χ2n) is 4.65. The van der Waals surface area contributed by atoms with E-state index >= 15 is 0 Å². The fourth-order valence-corrected chi connectivity index (χ4v) is 2.36. The molecule has 1 aromatic carbocycles. The van der Waals surface area contributed by atoms with E-state index in [0.717, 1.165) is 28.6 Å². The number of nitrogens with one attached hydrogen (secondary N) is 1. The van der Waals surface area contributed by atoms with Gasteiger partial charge in [-0.25, -0.2) is 9.97 Å². The minimum Gasteiger partial charge on any atom is -0.486 e. The maximum Gasteiger partial charge on any atom is 0.161 e. The van der Waals surface area contributed by atoms with Crippen molar-refractivity contribution in [3.63, 3.8) is 0 Å². The number of hydrogen-bond acceptors (Lipinski definition) is 5. The first-order valence-electron chi connectivity index (χ1n) is 6.64. The van der Waals surface area contributed by atoms with E-state index in [1.54, 1.807) is 6.20 Å². The van der Waals surface area contributed by atoms with Crippen molar-refractivity contribution >= 4 is 0 Å². The Bertz CT molecular complexity index is 616. The molecule has 0 fully saturated rings. The third kappa shape index (κ3) is 2.44. The molecule has 5 nitrogen and oxygen atoms in total. The van der Waals surface area contributed by atoms with Gasteiger partial charge in [-0.15, -0.1) is 0 Å². The monoisotopic (exact) mass is 271 g/mol. The van der Waals surface area contributed by atoms with Crippen LogP contribution in [0.5, 0.6) is 11.5 Å². The zero-order valence-electron chi connectivity index (χ0n) is 11.6. The van der Waals surface area contributed by atoms with Crippen LogP contribution < -0.4 is 14.8 Å². The van der Waals surface area contributed by atoms with Gasteiger partial charge in [-0.2, -0.15) is 0 Å². The summed E-state index contributed by atoms with van der Waals surface area (Å²) in [6, 6.07) is 7.92. The van der Waals surface area contributed by atoms with E-state index in [1.807, 2.05) is 38.2 Å². The highest BCUT2D eigenvalue weighted by Gasteiger charge is 2.18. The van der Waals surface area contributed by atoms with E-state index in [9.17, 15) is 0 Å². The van der Waals surface area contributed by atoms with Gasteiger partial charge in [0.1, 0.15) is 19.0 Å². The Hall–Kier alpha value is -2.14. The van der Waals surface area contributed by atoms with Crippen LogP contribution in [0, 0.1) is 6.92 Å². The number of nitrogens with zero attached hydrogens (tertiary/aromatic N) is 2. The van der Waals surface area contributed by atoms with Gasteiger partial charge in [-0.1, -0.05) is 6.07 Å². The number of benzene rings is 1. The van der Waals surface area contributed by atoms with Gasteiger partial charge in [0, 0.05) is 6.20 Å². The normalized spacial score (nSPS) is 14.9. The molecule has 5 heteroatoms. The summed E-state index contributed by atoms with van der Waals surface area (Å²) in [4.78, 5) is 8.62. The van der Waals surface area contributed by atoms with Crippen molar-refractivity contribution in [2.75, 3.05) is 20.3 Å². The molecule has 0 aliphatic carbocycles. The van der Waals surface area contributed by atoms with Crippen LogP contribution >= 0.6 is 0 Å². The van der Waals surface area contributed by atoms with Crippen molar-refractivity contribution in [1.82, 2.24) is 15.3 Å². The van der Waals surface area contributed by atoms with Crippen LogP contribution in [0.2, 0.25) is 0 Å². The predicted molar refractivity (Wildman–Crippen MR) is 75.1 cm³/mol. The third-order valence-electron chi connectivity index (χ3n) is 3.28. The number of ether oxygens (including phenoxy) is 2. The second-order valence-corrected chi connectivity index (χ2v) is 4.65. The van der Waals surface area contributed by atoms with Gasteiger partial charge in [-0.3, -0.25) is 0 Å². The number of aromatic nitrogens is 2. The van der Waals surface area contributed by atoms with Crippen LogP contribution in [0.1, 0.15) is 23.1 Å². The van der Waals surface area contributed by atoms with Crippen molar-refractivity contribution in [2.45, 2.75) is 13.0 Å². The van der Waals surface area contributed by atoms with E-state index in [1.165, 1.54) is 0 Å². The molecule has 2 aromatic rings. The van der Waals surface area contributed by atoms with E-state index in [2.05, 4.69) is 15.3 Å². The molecule has 0 amide bonds. The highest BCUT2D eigenvalue weighted by molar-refractivity contribution is 5.46. The van der Waals surface area contributed by atoms with E-state index < -0.39 is 0 Å². The first kappa shape index (κ1) is 12.9. The molecule has 0 saturated heterocycles. The van der Waals surface area contributed by atoms with Gasteiger partial charge in [0.15, 0.2) is 11.5 Å². The Balaban J connectivity index is 1.97. The molecule has 1 N–H and O–H groups in total. The molecule has 1 unspecified atom stereocenters. The summed E-state index contributed by atoms with van der Waals surface area (Å²) in [6.45, 7) is 3.08. The Morgan fingerprint density at radius 3 is 2.70 bits per heavy atom. The van der Waals surface area contributed by atoms with E-state index in [-0.39, 0.29) is 6.04 Å². The van der Waals surface area contributed by atoms with Gasteiger partial charge >= 0.3 is 0 Å². The summed E-state index contributed by atoms with van der Waals surface area (Å²) in [7, 11) is 1.92. The summed E-state index contributed by atoms with van der Waals surface area (Å²) >= 11 is 0. The Kier molecular flexibility index (Phi) is 3.52. The SMILES string of the molecule is CNC(c1ccc2c(c1)OCCO2)c1ccnc(C)n1. The fourth-order valence-electron chi connectivity index (χ4n) is 2.36. The summed E-state index contributed by atoms with van der Waals surface area (Å²) < 4.78 is 11.2. The second kappa shape index (κ2) is 5.46. The average molecular weight is 271 g/mol. The van der Waals surface area contributed by atoms with Gasteiger partial charge in [0.2, 0.25) is 0 Å². The number of hydrogen-bond donors (Lipinski definition) is 1. The van der Waals surface area contributed by atoms with Gasteiger partial charge in [-0.05, 0) is 37.7 Å². The van der Waals surface area contributed by atoms with Gasteiger partial charge < -0.3 is 14.8 Å². The highest BCUT2D eigenvalue weighted by atomic mass is 16.6. The van der Waals surface area contributed by atoms with Crippen LogP contribution in [0.25, 0.3) is 0 Å². The minimum atomic E-state index is 0.00697. The molecular weight excluding hydrogens is 254 g/mol. The molecule has 1 aromatic heterocycles. The first-order chi connectivity index (χ1) is 9.78. The smallest absolute Gasteiger partial charge is 0.161 e. The molecule has 0 saturated carbocycles. The van der Waals surface area contributed by atoms with Crippen LogP contribution in [0.3, 0.4) is 0 Å². The Labute approximate surface area is 118 Å². The van der Waals surface area contributed by atoms with E-state index in [0.29, 0.717) is 13.2 Å². The standard InChI is InChI=1S/C15H17N3O2/c1-10-17-6-5-12(18-10)15(16-2)11-3-4-13-14(9-11)20-8-7-19-13/h3-6,9,15-16H,7-8H2,1-2H3. The summed E-state index contributed by atoms with van der Waals surface area (Å²) in [5.41, 5.74) is 2.03. The molecule has 1 aliphatic rings. The molecule has 0 radical (unpaired) electrons. The lowest BCUT2D eigenvalue weighted by molar-refractivity contribution is 0.171. The minimum absolute atomic E-state index is 0.00697. The molecule has 104 valence electrons. The number of aryl methyl sites for hydroxylation is 1. The molecule has 20 heavy (non-hydrogen) atoms. The zero-order chi connectivity index (χ0) is 13.9. The molecule has 1 aliphatic heterocycles. The molecule has 2 heterocycles. The molecule has 0 bridgehead atoms. The van der Waals surface area contributed by atoms with E-state index in [4.69, 9.17) is 9.47 Å². The summed E-state index contributed by atoms with van der Waals surface area (Å²) in [5, 5.41) is 3.28. The average Bonchev–Trinajstić information content (AvgIpc) is 2.48. The fraction of sp³-hybridized carbons (Fsp3) is 0.333. The predicted octanol–water partition coefficient (Wildman–Crippen LogP) is 1.87. The van der Waals surface area contributed by atoms with Crippen molar-refractivity contribution in [3.05, 3.63) is 47.5 Å². The summed E-state index contributed by atoms with van der Waals surface area (Å²) in [6.07, 6.45) is 1.78. The number of fused-ring (bicyclic) bond motifs is 1. The van der Waals surface area contributed by atoms with Crippen molar-refractivity contribution < 1.29 is 9.47 Å². The first-order valence-corrected chi connectivity index (χ1v) is 6.64. The molecule has 1 atom stereocenters. The van der Waals surface area contributed by atoms with Crippen LogP contribution in [-0.2, 0) is 0 Å². The van der Waals surface area contributed by atoms with Crippen LogP contribution in [-0.4, -0.2) is 30.2 Å². The zero-order valence-corrected chi connectivity index (χ0v) is 11.6. The topological polar surface area (TPSA) is 56.3 Å².